The number of fused-ring (bicyclic) bond motifs is 1. The molecule has 0 amide bonds. The molecule has 102 valence electrons. The lowest BCUT2D eigenvalue weighted by atomic mass is 9.96. The van der Waals surface area contributed by atoms with Crippen LogP contribution in [0, 0.1) is 0 Å². The zero-order valence-corrected chi connectivity index (χ0v) is 11.1. The lowest BCUT2D eigenvalue weighted by molar-refractivity contribution is 0.257. The molecule has 2 heterocycles. The number of para-hydroxylation sites is 1. The summed E-state index contributed by atoms with van der Waals surface area (Å²) in [5.41, 5.74) is 7.03. The molecule has 1 aliphatic heterocycles. The average molecular weight is 268 g/mol. The van der Waals surface area contributed by atoms with E-state index >= 15 is 0 Å². The van der Waals surface area contributed by atoms with Gasteiger partial charge in [-0.3, -0.25) is 0 Å². The molecule has 1 atom stereocenters. The number of hydrogen-bond donors (Lipinski definition) is 1. The van der Waals surface area contributed by atoms with Crippen molar-refractivity contribution < 1.29 is 4.74 Å². The fourth-order valence-corrected chi connectivity index (χ4v) is 2.63. The predicted octanol–water partition coefficient (Wildman–Crippen LogP) is 2.05. The van der Waals surface area contributed by atoms with E-state index in [1.54, 1.807) is 0 Å². The lowest BCUT2D eigenvalue weighted by Gasteiger charge is -2.24. The number of nitrogen functional groups attached to an aromatic ring is 1. The monoisotopic (exact) mass is 268 g/mol. The second-order valence-corrected chi connectivity index (χ2v) is 5.50. The van der Waals surface area contributed by atoms with Crippen molar-refractivity contribution in [3.8, 4) is 5.75 Å². The van der Waals surface area contributed by atoms with Crippen LogP contribution in [0.1, 0.15) is 41.9 Å². The first-order chi connectivity index (χ1) is 9.79. The van der Waals surface area contributed by atoms with Crippen LogP contribution in [-0.4, -0.2) is 21.6 Å². The minimum atomic E-state index is 0.160. The van der Waals surface area contributed by atoms with Gasteiger partial charge < -0.3 is 10.5 Å². The minimum Gasteiger partial charge on any atom is -0.493 e. The van der Waals surface area contributed by atoms with E-state index in [9.17, 15) is 0 Å². The Morgan fingerprint density at radius 2 is 1.75 bits per heavy atom. The van der Waals surface area contributed by atoms with E-state index in [0.717, 1.165) is 36.7 Å². The molecule has 1 fully saturated rings. The largest absolute Gasteiger partial charge is 0.493 e. The second kappa shape index (κ2) is 4.44. The topological polar surface area (TPSA) is 73.9 Å². The van der Waals surface area contributed by atoms with E-state index in [4.69, 9.17) is 10.5 Å². The fourth-order valence-electron chi connectivity index (χ4n) is 2.63. The highest BCUT2D eigenvalue weighted by Crippen LogP contribution is 2.39. The van der Waals surface area contributed by atoms with Gasteiger partial charge in [-0.05, 0) is 30.9 Å². The molecule has 1 aromatic carbocycles. The standard InChI is InChI=1S/C15H16N4O/c16-15-18-13(9-5-6-9)17-14(19-15)11-7-10-3-1-2-4-12(10)20-8-11/h1-4,9,11H,5-8H2,(H2,16,17,18,19). The van der Waals surface area contributed by atoms with Gasteiger partial charge in [-0.2, -0.15) is 9.97 Å². The van der Waals surface area contributed by atoms with Crippen LogP contribution in [0.3, 0.4) is 0 Å². The van der Waals surface area contributed by atoms with Crippen molar-refractivity contribution >= 4 is 5.95 Å². The Balaban J connectivity index is 1.65. The molecule has 1 saturated carbocycles. The van der Waals surface area contributed by atoms with Crippen LogP contribution >= 0.6 is 0 Å². The molecular formula is C15H16N4O. The van der Waals surface area contributed by atoms with Gasteiger partial charge >= 0.3 is 0 Å². The molecule has 5 heteroatoms. The van der Waals surface area contributed by atoms with E-state index in [-0.39, 0.29) is 5.92 Å². The van der Waals surface area contributed by atoms with Crippen LogP contribution in [0.25, 0.3) is 0 Å². The molecule has 0 saturated heterocycles. The number of anilines is 1. The highest BCUT2D eigenvalue weighted by atomic mass is 16.5. The molecule has 1 unspecified atom stereocenters. The Morgan fingerprint density at radius 3 is 2.55 bits per heavy atom. The van der Waals surface area contributed by atoms with Crippen LogP contribution in [0.4, 0.5) is 5.95 Å². The normalized spacial score (nSPS) is 21.1. The van der Waals surface area contributed by atoms with Crippen LogP contribution in [0.5, 0.6) is 5.75 Å². The maximum atomic E-state index is 5.82. The number of nitrogens with two attached hydrogens (primary N) is 1. The first-order valence-corrected chi connectivity index (χ1v) is 7.01. The van der Waals surface area contributed by atoms with Crippen LogP contribution in [0.2, 0.25) is 0 Å². The fraction of sp³-hybridized carbons (Fsp3) is 0.400. The summed E-state index contributed by atoms with van der Waals surface area (Å²) < 4.78 is 5.81. The Morgan fingerprint density at radius 1 is 1.00 bits per heavy atom. The summed E-state index contributed by atoms with van der Waals surface area (Å²) >= 11 is 0. The Bertz CT molecular complexity index is 654. The van der Waals surface area contributed by atoms with Gasteiger partial charge in [-0.1, -0.05) is 18.2 Å². The molecule has 0 bridgehead atoms. The van der Waals surface area contributed by atoms with Crippen molar-refractivity contribution in [2.24, 2.45) is 0 Å². The number of hydrogen-bond acceptors (Lipinski definition) is 5. The van der Waals surface area contributed by atoms with Gasteiger partial charge in [0, 0.05) is 5.92 Å². The van der Waals surface area contributed by atoms with Gasteiger partial charge in [0.25, 0.3) is 0 Å². The van der Waals surface area contributed by atoms with Crippen molar-refractivity contribution in [1.29, 1.82) is 0 Å². The van der Waals surface area contributed by atoms with E-state index in [0.29, 0.717) is 18.5 Å². The number of aromatic nitrogens is 3. The number of rotatable bonds is 2. The van der Waals surface area contributed by atoms with Crippen molar-refractivity contribution in [3.63, 3.8) is 0 Å². The van der Waals surface area contributed by atoms with E-state index < -0.39 is 0 Å². The van der Waals surface area contributed by atoms with Gasteiger partial charge in [-0.25, -0.2) is 4.98 Å². The van der Waals surface area contributed by atoms with Gasteiger partial charge in [0.05, 0.1) is 12.5 Å². The average Bonchev–Trinajstić information content (AvgIpc) is 3.31. The van der Waals surface area contributed by atoms with E-state index in [1.165, 1.54) is 5.56 Å². The molecule has 2 N–H and O–H groups in total. The highest BCUT2D eigenvalue weighted by molar-refractivity contribution is 5.36. The third-order valence-corrected chi connectivity index (χ3v) is 3.87. The van der Waals surface area contributed by atoms with Crippen molar-refractivity contribution in [1.82, 2.24) is 15.0 Å². The van der Waals surface area contributed by atoms with Crippen LogP contribution in [0.15, 0.2) is 24.3 Å². The Labute approximate surface area is 117 Å². The van der Waals surface area contributed by atoms with Gasteiger partial charge in [0.1, 0.15) is 17.4 Å². The van der Waals surface area contributed by atoms with Crippen LogP contribution in [-0.2, 0) is 6.42 Å². The van der Waals surface area contributed by atoms with Crippen LogP contribution < -0.4 is 10.5 Å². The van der Waals surface area contributed by atoms with Gasteiger partial charge in [-0.15, -0.1) is 0 Å². The molecule has 0 spiro atoms. The van der Waals surface area contributed by atoms with E-state index in [2.05, 4.69) is 21.0 Å². The Kier molecular flexibility index (Phi) is 2.58. The maximum Gasteiger partial charge on any atom is 0.223 e. The lowest BCUT2D eigenvalue weighted by Crippen LogP contribution is -2.22. The third kappa shape index (κ3) is 2.09. The van der Waals surface area contributed by atoms with Crippen molar-refractivity contribution in [2.45, 2.75) is 31.1 Å². The van der Waals surface area contributed by atoms with Crippen molar-refractivity contribution in [2.75, 3.05) is 12.3 Å². The summed E-state index contributed by atoms with van der Waals surface area (Å²) in [7, 11) is 0. The molecule has 1 aromatic heterocycles. The van der Waals surface area contributed by atoms with Gasteiger partial charge in [0.2, 0.25) is 5.95 Å². The highest BCUT2D eigenvalue weighted by Gasteiger charge is 2.30. The number of ether oxygens (including phenoxy) is 1. The van der Waals surface area contributed by atoms with Crippen molar-refractivity contribution in [3.05, 3.63) is 41.5 Å². The number of benzene rings is 1. The Hall–Kier alpha value is -2.17. The second-order valence-electron chi connectivity index (χ2n) is 5.50. The van der Waals surface area contributed by atoms with Gasteiger partial charge in [0.15, 0.2) is 0 Å². The molecule has 2 aromatic rings. The summed E-state index contributed by atoms with van der Waals surface area (Å²) in [6, 6.07) is 8.12. The first kappa shape index (κ1) is 11.6. The maximum absolute atomic E-state index is 5.82. The molecular weight excluding hydrogens is 252 g/mol. The molecule has 5 nitrogen and oxygen atoms in total. The summed E-state index contributed by atoms with van der Waals surface area (Å²) in [5, 5.41) is 0. The SMILES string of the molecule is Nc1nc(C2CC2)nc(C2COc3ccccc3C2)n1. The quantitative estimate of drug-likeness (QED) is 0.902. The summed E-state index contributed by atoms with van der Waals surface area (Å²) in [4.78, 5) is 13.2. The minimum absolute atomic E-state index is 0.160. The summed E-state index contributed by atoms with van der Waals surface area (Å²) in [6.07, 6.45) is 3.21. The molecule has 20 heavy (non-hydrogen) atoms. The zero-order chi connectivity index (χ0) is 13.5. The first-order valence-electron chi connectivity index (χ1n) is 7.01. The smallest absolute Gasteiger partial charge is 0.223 e. The third-order valence-electron chi connectivity index (χ3n) is 3.87. The molecule has 0 radical (unpaired) electrons. The molecule has 4 rings (SSSR count). The van der Waals surface area contributed by atoms with E-state index in [1.807, 2.05) is 18.2 Å². The summed E-state index contributed by atoms with van der Waals surface area (Å²) in [5.74, 6) is 3.56. The molecule has 1 aliphatic carbocycles. The number of nitrogens with zero attached hydrogens (tertiary/aromatic N) is 3. The zero-order valence-electron chi connectivity index (χ0n) is 11.1. The molecule has 2 aliphatic rings. The summed E-state index contributed by atoms with van der Waals surface area (Å²) in [6.45, 7) is 0.602. The predicted molar refractivity (Wildman–Crippen MR) is 74.6 cm³/mol.